The molecule has 1 aliphatic carbocycles. The quantitative estimate of drug-likeness (QED) is 0.512. The van der Waals surface area contributed by atoms with Crippen molar-refractivity contribution < 1.29 is 17.9 Å². The van der Waals surface area contributed by atoms with Crippen LogP contribution in [0.5, 0.6) is 5.75 Å². The summed E-state index contributed by atoms with van der Waals surface area (Å²) in [5.74, 6) is -2.04. The first kappa shape index (κ1) is 19.3. The van der Waals surface area contributed by atoms with Crippen LogP contribution in [0.4, 0.5) is 13.2 Å². The molecule has 3 rings (SSSR count). The molecule has 0 aliphatic heterocycles. The van der Waals surface area contributed by atoms with E-state index in [4.69, 9.17) is 4.74 Å². The molecule has 26 heavy (non-hydrogen) atoms. The Morgan fingerprint density at radius 3 is 2.31 bits per heavy atom. The lowest BCUT2D eigenvalue weighted by Crippen LogP contribution is -2.35. The van der Waals surface area contributed by atoms with Gasteiger partial charge in [0.05, 0.1) is 6.61 Å². The molecule has 140 valence electrons. The van der Waals surface area contributed by atoms with Crippen LogP contribution in [0.25, 0.3) is 0 Å². The van der Waals surface area contributed by atoms with Crippen molar-refractivity contribution in [2.24, 2.45) is 5.41 Å². The van der Waals surface area contributed by atoms with Gasteiger partial charge in [0.1, 0.15) is 11.6 Å². The Bertz CT molecular complexity index is 748. The van der Waals surface area contributed by atoms with Crippen molar-refractivity contribution in [2.45, 2.75) is 45.0 Å². The fraction of sp³-hybridized carbons (Fsp3) is 0.429. The number of hydrogen-bond acceptors (Lipinski definition) is 1. The lowest BCUT2D eigenvalue weighted by molar-refractivity contribution is -0.0711. The Kier molecular flexibility index (Phi) is 5.66. The zero-order valence-electron chi connectivity index (χ0n) is 14.7. The number of ether oxygens (including phenoxy) is 1. The van der Waals surface area contributed by atoms with Crippen molar-refractivity contribution in [1.82, 2.24) is 0 Å². The molecule has 0 aromatic heterocycles. The highest BCUT2D eigenvalue weighted by atomic mass is 79.9. The molecule has 1 nitrogen and oxygen atoms in total. The van der Waals surface area contributed by atoms with Gasteiger partial charge in [-0.25, -0.2) is 13.2 Å². The highest BCUT2D eigenvalue weighted by Crippen LogP contribution is 2.43. The average Bonchev–Trinajstić information content (AvgIpc) is 2.61. The highest BCUT2D eigenvalue weighted by Gasteiger charge is 2.41. The monoisotopic (exact) mass is 426 g/mol. The first-order chi connectivity index (χ1) is 12.2. The van der Waals surface area contributed by atoms with Crippen LogP contribution in [-0.2, 0) is 6.42 Å². The van der Waals surface area contributed by atoms with Crippen LogP contribution in [0.1, 0.15) is 43.7 Å². The van der Waals surface area contributed by atoms with Crippen molar-refractivity contribution in [3.63, 3.8) is 0 Å². The van der Waals surface area contributed by atoms with Crippen LogP contribution in [0, 0.1) is 11.2 Å². The Labute approximate surface area is 160 Å². The van der Waals surface area contributed by atoms with E-state index in [9.17, 15) is 13.2 Å². The maximum absolute atomic E-state index is 13.9. The summed E-state index contributed by atoms with van der Waals surface area (Å²) in [4.78, 5) is 0. The Morgan fingerprint density at radius 2 is 1.65 bits per heavy atom. The van der Waals surface area contributed by atoms with Gasteiger partial charge in [0, 0.05) is 29.2 Å². The minimum Gasteiger partial charge on any atom is -0.493 e. The fourth-order valence-electron chi connectivity index (χ4n) is 3.22. The minimum absolute atomic E-state index is 0.0655. The van der Waals surface area contributed by atoms with Gasteiger partial charge < -0.3 is 4.74 Å². The third-order valence-electron chi connectivity index (χ3n) is 5.10. The topological polar surface area (TPSA) is 9.23 Å². The second-order valence-electron chi connectivity index (χ2n) is 7.51. The Balaban J connectivity index is 1.57. The van der Waals surface area contributed by atoms with Crippen LogP contribution < -0.4 is 4.74 Å². The van der Waals surface area contributed by atoms with E-state index in [1.54, 1.807) is 12.1 Å². The van der Waals surface area contributed by atoms with Gasteiger partial charge in [-0.15, -0.1) is 0 Å². The standard InChI is InChI=1S/C21H22BrF3O/c1-20(8-10-21(24,25)11-9-20)14-26-18-5-2-15(3-6-18)12-16-13-17(22)4-7-19(16)23/h2-7,13H,8-12,14H2,1H3. The number of rotatable bonds is 5. The summed E-state index contributed by atoms with van der Waals surface area (Å²) in [6.07, 6.45) is 1.31. The SMILES string of the molecule is CC1(COc2ccc(Cc3cc(Br)ccc3F)cc2)CCC(F)(F)CC1. The molecule has 0 N–H and O–H groups in total. The van der Waals surface area contributed by atoms with Gasteiger partial charge in [-0.05, 0) is 54.3 Å². The van der Waals surface area contributed by atoms with Gasteiger partial charge in [-0.1, -0.05) is 35.0 Å². The molecule has 0 bridgehead atoms. The molecule has 1 aliphatic rings. The van der Waals surface area contributed by atoms with Crippen molar-refractivity contribution in [2.75, 3.05) is 6.61 Å². The van der Waals surface area contributed by atoms with E-state index < -0.39 is 5.92 Å². The maximum atomic E-state index is 13.9. The van der Waals surface area contributed by atoms with Crippen molar-refractivity contribution in [3.05, 3.63) is 63.9 Å². The molecule has 2 aromatic carbocycles. The van der Waals surface area contributed by atoms with Crippen molar-refractivity contribution >= 4 is 15.9 Å². The van der Waals surface area contributed by atoms with Gasteiger partial charge in [0.25, 0.3) is 0 Å². The molecule has 2 aromatic rings. The zero-order chi connectivity index (χ0) is 18.8. The first-order valence-corrected chi connectivity index (χ1v) is 9.58. The number of hydrogen-bond donors (Lipinski definition) is 0. The lowest BCUT2D eigenvalue weighted by Gasteiger charge is -2.36. The summed E-state index contributed by atoms with van der Waals surface area (Å²) < 4.78 is 47.2. The normalized spacial score (nSPS) is 18.5. The van der Waals surface area contributed by atoms with E-state index in [1.165, 1.54) is 6.07 Å². The van der Waals surface area contributed by atoms with Crippen molar-refractivity contribution in [3.8, 4) is 5.75 Å². The van der Waals surface area contributed by atoms with Gasteiger partial charge in [0.15, 0.2) is 0 Å². The molecule has 0 atom stereocenters. The van der Waals surface area contributed by atoms with Crippen LogP contribution in [0.15, 0.2) is 46.9 Å². The predicted octanol–water partition coefficient (Wildman–Crippen LogP) is 6.77. The molecular formula is C21H22BrF3O. The Morgan fingerprint density at radius 1 is 1.00 bits per heavy atom. The Hall–Kier alpha value is -1.49. The lowest BCUT2D eigenvalue weighted by atomic mass is 9.75. The third kappa shape index (κ3) is 5.03. The minimum atomic E-state index is -2.52. The maximum Gasteiger partial charge on any atom is 0.248 e. The molecule has 0 spiro atoms. The van der Waals surface area contributed by atoms with Gasteiger partial charge >= 0.3 is 0 Å². The second-order valence-corrected chi connectivity index (χ2v) is 8.43. The van der Waals surface area contributed by atoms with E-state index >= 15 is 0 Å². The summed E-state index contributed by atoms with van der Waals surface area (Å²) in [7, 11) is 0. The average molecular weight is 427 g/mol. The second kappa shape index (κ2) is 7.63. The van der Waals surface area contributed by atoms with Gasteiger partial charge in [0.2, 0.25) is 5.92 Å². The number of halogens is 4. The first-order valence-electron chi connectivity index (χ1n) is 8.78. The molecule has 0 radical (unpaired) electrons. The third-order valence-corrected chi connectivity index (χ3v) is 5.59. The summed E-state index contributed by atoms with van der Waals surface area (Å²) >= 11 is 3.36. The largest absolute Gasteiger partial charge is 0.493 e. The molecule has 0 saturated heterocycles. The van der Waals surface area contributed by atoms with E-state index in [1.807, 2.05) is 31.2 Å². The van der Waals surface area contributed by atoms with Crippen LogP contribution in [0.3, 0.4) is 0 Å². The highest BCUT2D eigenvalue weighted by molar-refractivity contribution is 9.10. The van der Waals surface area contributed by atoms with Crippen LogP contribution in [-0.4, -0.2) is 12.5 Å². The molecule has 1 saturated carbocycles. The van der Waals surface area contributed by atoms with Gasteiger partial charge in [-0.3, -0.25) is 0 Å². The van der Waals surface area contributed by atoms with Crippen LogP contribution >= 0.6 is 15.9 Å². The van der Waals surface area contributed by atoms with E-state index in [2.05, 4.69) is 15.9 Å². The molecule has 0 amide bonds. The van der Waals surface area contributed by atoms with E-state index in [-0.39, 0.29) is 24.1 Å². The van der Waals surface area contributed by atoms with Gasteiger partial charge in [-0.2, -0.15) is 0 Å². The smallest absolute Gasteiger partial charge is 0.248 e. The molecule has 5 heteroatoms. The summed E-state index contributed by atoms with van der Waals surface area (Å²) in [6.45, 7) is 2.44. The molecule has 0 unspecified atom stereocenters. The number of benzene rings is 2. The fourth-order valence-corrected chi connectivity index (χ4v) is 3.63. The predicted molar refractivity (Wildman–Crippen MR) is 100 cm³/mol. The molecular weight excluding hydrogens is 405 g/mol. The van der Waals surface area contributed by atoms with Crippen LogP contribution in [0.2, 0.25) is 0 Å². The molecule has 0 heterocycles. The molecule has 1 fully saturated rings. The number of alkyl halides is 2. The summed E-state index contributed by atoms with van der Waals surface area (Å²) in [5, 5.41) is 0. The summed E-state index contributed by atoms with van der Waals surface area (Å²) in [6, 6.07) is 12.4. The van der Waals surface area contributed by atoms with E-state index in [0.29, 0.717) is 37.2 Å². The summed E-state index contributed by atoms with van der Waals surface area (Å²) in [5.41, 5.74) is 1.40. The zero-order valence-corrected chi connectivity index (χ0v) is 16.3. The van der Waals surface area contributed by atoms with Crippen molar-refractivity contribution in [1.29, 1.82) is 0 Å². The van der Waals surface area contributed by atoms with E-state index in [0.717, 1.165) is 10.0 Å².